The first-order valence-corrected chi connectivity index (χ1v) is 4.89. The van der Waals surface area contributed by atoms with E-state index >= 15 is 0 Å². The fourth-order valence-corrected chi connectivity index (χ4v) is 1.90. The molecule has 0 heterocycles. The first-order chi connectivity index (χ1) is 6.49. The van der Waals surface area contributed by atoms with Crippen LogP contribution in [-0.4, -0.2) is 23.7 Å². The van der Waals surface area contributed by atoms with Gasteiger partial charge in [-0.1, -0.05) is 0 Å². The van der Waals surface area contributed by atoms with Crippen molar-refractivity contribution >= 4 is 11.9 Å². The summed E-state index contributed by atoms with van der Waals surface area (Å²) in [5.74, 6) is -1.29. The zero-order chi connectivity index (χ0) is 10.8. The van der Waals surface area contributed by atoms with Gasteiger partial charge in [-0.05, 0) is 33.1 Å². The normalized spacial score (nSPS) is 31.4. The van der Waals surface area contributed by atoms with E-state index in [2.05, 4.69) is 0 Å². The van der Waals surface area contributed by atoms with Gasteiger partial charge in [0.15, 0.2) is 0 Å². The Morgan fingerprint density at radius 3 is 2.64 bits per heavy atom. The molecule has 0 radical (unpaired) electrons. The molecule has 4 nitrogen and oxygen atoms in total. The zero-order valence-corrected chi connectivity index (χ0v) is 8.58. The summed E-state index contributed by atoms with van der Waals surface area (Å²) in [4.78, 5) is 22.2. The number of ether oxygens (including phenoxy) is 1. The summed E-state index contributed by atoms with van der Waals surface area (Å²) in [5.41, 5.74) is -0.739. The Morgan fingerprint density at radius 1 is 1.57 bits per heavy atom. The van der Waals surface area contributed by atoms with E-state index in [1.807, 2.05) is 0 Å². The molecule has 0 aliphatic heterocycles. The first kappa shape index (κ1) is 11.0. The second-order valence-electron chi connectivity index (χ2n) is 4.06. The molecule has 0 aromatic rings. The van der Waals surface area contributed by atoms with E-state index in [0.29, 0.717) is 25.9 Å². The number of rotatable bonds is 3. The fourth-order valence-electron chi connectivity index (χ4n) is 1.90. The molecular formula is C10H16O4. The van der Waals surface area contributed by atoms with Gasteiger partial charge in [0.1, 0.15) is 0 Å². The van der Waals surface area contributed by atoms with E-state index in [0.717, 1.165) is 0 Å². The van der Waals surface area contributed by atoms with Crippen molar-refractivity contribution in [2.45, 2.75) is 33.1 Å². The standard InChI is InChI=1S/C10H16O4/c1-3-14-8(11)7-4-5-10(2,6-7)9(12)13/h7H,3-6H2,1-2H3,(H,12,13). The van der Waals surface area contributed by atoms with Gasteiger partial charge in [0.25, 0.3) is 0 Å². The van der Waals surface area contributed by atoms with Crippen LogP contribution in [-0.2, 0) is 14.3 Å². The maximum Gasteiger partial charge on any atom is 0.309 e. The van der Waals surface area contributed by atoms with Crippen LogP contribution in [0.4, 0.5) is 0 Å². The van der Waals surface area contributed by atoms with Crippen molar-refractivity contribution in [1.29, 1.82) is 0 Å². The number of carbonyl (C=O) groups excluding carboxylic acids is 1. The Kier molecular flexibility index (Phi) is 3.13. The highest BCUT2D eigenvalue weighted by molar-refractivity contribution is 5.78. The number of aliphatic carboxylic acids is 1. The number of esters is 1. The highest BCUT2D eigenvalue weighted by atomic mass is 16.5. The van der Waals surface area contributed by atoms with Gasteiger partial charge in [0, 0.05) is 0 Å². The Morgan fingerprint density at radius 2 is 2.21 bits per heavy atom. The van der Waals surface area contributed by atoms with Crippen molar-refractivity contribution in [1.82, 2.24) is 0 Å². The van der Waals surface area contributed by atoms with E-state index < -0.39 is 11.4 Å². The SMILES string of the molecule is CCOC(=O)C1CCC(C)(C(=O)O)C1. The molecular weight excluding hydrogens is 184 g/mol. The summed E-state index contributed by atoms with van der Waals surface area (Å²) in [7, 11) is 0. The van der Waals surface area contributed by atoms with E-state index in [1.54, 1.807) is 13.8 Å². The Labute approximate surface area is 83.2 Å². The zero-order valence-electron chi connectivity index (χ0n) is 8.58. The molecule has 1 fully saturated rings. The molecule has 14 heavy (non-hydrogen) atoms. The minimum Gasteiger partial charge on any atom is -0.481 e. The molecule has 1 rings (SSSR count). The Bertz CT molecular complexity index is 249. The van der Waals surface area contributed by atoms with Crippen molar-refractivity contribution in [2.24, 2.45) is 11.3 Å². The summed E-state index contributed by atoms with van der Waals surface area (Å²) in [6.07, 6.45) is 1.59. The van der Waals surface area contributed by atoms with Crippen molar-refractivity contribution in [3.63, 3.8) is 0 Å². The van der Waals surface area contributed by atoms with Crippen molar-refractivity contribution in [2.75, 3.05) is 6.61 Å². The molecule has 0 saturated heterocycles. The molecule has 0 aromatic carbocycles. The van der Waals surface area contributed by atoms with E-state index in [-0.39, 0.29) is 11.9 Å². The fraction of sp³-hybridized carbons (Fsp3) is 0.800. The number of carbonyl (C=O) groups is 2. The number of carboxylic acids is 1. The van der Waals surface area contributed by atoms with Crippen LogP contribution in [0.25, 0.3) is 0 Å². The van der Waals surface area contributed by atoms with Crippen LogP contribution < -0.4 is 0 Å². The molecule has 0 spiro atoms. The van der Waals surface area contributed by atoms with Gasteiger partial charge in [0.05, 0.1) is 17.9 Å². The lowest BCUT2D eigenvalue weighted by Crippen LogP contribution is -2.25. The Hall–Kier alpha value is -1.06. The molecule has 1 aliphatic rings. The molecule has 1 aliphatic carbocycles. The van der Waals surface area contributed by atoms with Crippen molar-refractivity contribution < 1.29 is 19.4 Å². The molecule has 1 saturated carbocycles. The quantitative estimate of drug-likeness (QED) is 0.700. The minimum absolute atomic E-state index is 0.226. The van der Waals surface area contributed by atoms with E-state index in [1.165, 1.54) is 0 Å². The lowest BCUT2D eigenvalue weighted by atomic mass is 9.88. The highest BCUT2D eigenvalue weighted by Crippen LogP contribution is 2.42. The molecule has 0 aromatic heterocycles. The van der Waals surface area contributed by atoms with Crippen LogP contribution in [0, 0.1) is 11.3 Å². The van der Waals surface area contributed by atoms with Crippen LogP contribution >= 0.6 is 0 Å². The Balaban J connectivity index is 2.56. The third-order valence-electron chi connectivity index (χ3n) is 2.88. The van der Waals surface area contributed by atoms with Crippen molar-refractivity contribution in [3.05, 3.63) is 0 Å². The molecule has 2 atom stereocenters. The lowest BCUT2D eigenvalue weighted by molar-refractivity contribution is -0.150. The maximum absolute atomic E-state index is 11.3. The molecule has 4 heteroatoms. The van der Waals surface area contributed by atoms with Crippen LogP contribution in [0.1, 0.15) is 33.1 Å². The largest absolute Gasteiger partial charge is 0.481 e. The van der Waals surface area contributed by atoms with E-state index in [9.17, 15) is 9.59 Å². The van der Waals surface area contributed by atoms with Gasteiger partial charge in [-0.3, -0.25) is 9.59 Å². The predicted octanol–water partition coefficient (Wildman–Crippen LogP) is 1.44. The smallest absolute Gasteiger partial charge is 0.309 e. The second kappa shape index (κ2) is 3.98. The van der Waals surface area contributed by atoms with Gasteiger partial charge in [-0.25, -0.2) is 0 Å². The molecule has 2 unspecified atom stereocenters. The lowest BCUT2D eigenvalue weighted by Gasteiger charge is -2.17. The maximum atomic E-state index is 11.3. The van der Waals surface area contributed by atoms with Gasteiger partial charge in [-0.15, -0.1) is 0 Å². The third-order valence-corrected chi connectivity index (χ3v) is 2.88. The van der Waals surface area contributed by atoms with Crippen LogP contribution in [0.15, 0.2) is 0 Å². The van der Waals surface area contributed by atoms with Crippen molar-refractivity contribution in [3.8, 4) is 0 Å². The molecule has 80 valence electrons. The minimum atomic E-state index is -0.815. The van der Waals surface area contributed by atoms with Crippen LogP contribution in [0.2, 0.25) is 0 Å². The van der Waals surface area contributed by atoms with Gasteiger partial charge in [-0.2, -0.15) is 0 Å². The molecule has 0 bridgehead atoms. The highest BCUT2D eigenvalue weighted by Gasteiger charge is 2.44. The van der Waals surface area contributed by atoms with Crippen LogP contribution in [0.5, 0.6) is 0 Å². The van der Waals surface area contributed by atoms with Gasteiger partial charge < -0.3 is 9.84 Å². The number of hydrogen-bond acceptors (Lipinski definition) is 3. The predicted molar refractivity (Wildman–Crippen MR) is 49.7 cm³/mol. The average molecular weight is 200 g/mol. The van der Waals surface area contributed by atoms with Gasteiger partial charge >= 0.3 is 11.9 Å². The summed E-state index contributed by atoms with van der Waals surface area (Å²) in [6, 6.07) is 0. The topological polar surface area (TPSA) is 63.6 Å². The molecule has 1 N–H and O–H groups in total. The third kappa shape index (κ3) is 2.05. The van der Waals surface area contributed by atoms with Crippen LogP contribution in [0.3, 0.4) is 0 Å². The second-order valence-corrected chi connectivity index (χ2v) is 4.06. The number of hydrogen-bond donors (Lipinski definition) is 1. The summed E-state index contributed by atoms with van der Waals surface area (Å²) < 4.78 is 4.87. The monoisotopic (exact) mass is 200 g/mol. The number of carboxylic acid groups (broad SMARTS) is 1. The molecule has 0 amide bonds. The summed E-state index contributed by atoms with van der Waals surface area (Å²) >= 11 is 0. The summed E-state index contributed by atoms with van der Waals surface area (Å²) in [5, 5.41) is 8.95. The average Bonchev–Trinajstić information content (AvgIpc) is 2.50. The van der Waals surface area contributed by atoms with Gasteiger partial charge in [0.2, 0.25) is 0 Å². The first-order valence-electron chi connectivity index (χ1n) is 4.89. The van der Waals surface area contributed by atoms with E-state index in [4.69, 9.17) is 9.84 Å². The summed E-state index contributed by atoms with van der Waals surface area (Å²) in [6.45, 7) is 3.80.